The smallest absolute Gasteiger partial charge is 0.407 e. The molecular weight excluding hydrogens is 286 g/mol. The van der Waals surface area contributed by atoms with Gasteiger partial charge in [-0.1, -0.05) is 0 Å². The van der Waals surface area contributed by atoms with Gasteiger partial charge in [0.25, 0.3) is 0 Å². The van der Waals surface area contributed by atoms with Gasteiger partial charge in [-0.25, -0.2) is 9.78 Å². The number of aromatic nitrogens is 2. The summed E-state index contributed by atoms with van der Waals surface area (Å²) in [4.78, 5) is 16.2. The molecule has 1 N–H and O–H groups in total. The number of halogens is 1. The number of pyridine rings is 1. The molecule has 0 spiro atoms. The Morgan fingerprint density at radius 3 is 3.06 bits per heavy atom. The van der Waals surface area contributed by atoms with Crippen molar-refractivity contribution in [1.29, 1.82) is 0 Å². The van der Waals surface area contributed by atoms with Gasteiger partial charge in [-0.2, -0.15) is 0 Å². The Balaban J connectivity index is 2.19. The van der Waals surface area contributed by atoms with E-state index in [0.29, 0.717) is 13.0 Å². The van der Waals surface area contributed by atoms with Crippen LogP contribution >= 0.6 is 15.9 Å². The number of likely N-dealkylation sites (N-methyl/N-ethyl adjacent to an activating group) is 1. The summed E-state index contributed by atoms with van der Waals surface area (Å²) in [5, 5.41) is 8.76. The zero-order valence-electron chi connectivity index (χ0n) is 9.30. The van der Waals surface area contributed by atoms with Crippen LogP contribution in [-0.4, -0.2) is 39.1 Å². The van der Waals surface area contributed by atoms with Gasteiger partial charge in [-0.15, -0.1) is 0 Å². The van der Waals surface area contributed by atoms with E-state index < -0.39 is 6.09 Å². The molecule has 0 aliphatic rings. The molecule has 0 radical (unpaired) electrons. The molecule has 0 saturated heterocycles. The van der Waals surface area contributed by atoms with Crippen LogP contribution in [0.1, 0.15) is 5.69 Å². The van der Waals surface area contributed by atoms with E-state index in [4.69, 9.17) is 5.11 Å². The fourth-order valence-electron chi connectivity index (χ4n) is 1.57. The number of imidazole rings is 1. The summed E-state index contributed by atoms with van der Waals surface area (Å²) in [5.74, 6) is 0. The van der Waals surface area contributed by atoms with E-state index in [-0.39, 0.29) is 0 Å². The maximum Gasteiger partial charge on any atom is 0.407 e. The van der Waals surface area contributed by atoms with E-state index >= 15 is 0 Å². The Kier molecular flexibility index (Phi) is 3.33. The summed E-state index contributed by atoms with van der Waals surface area (Å²) >= 11 is 3.40. The summed E-state index contributed by atoms with van der Waals surface area (Å²) in [5.41, 5.74) is 1.86. The zero-order valence-corrected chi connectivity index (χ0v) is 10.9. The molecule has 0 fully saturated rings. The van der Waals surface area contributed by atoms with Crippen molar-refractivity contribution in [2.75, 3.05) is 13.6 Å². The lowest BCUT2D eigenvalue weighted by molar-refractivity contribution is 0.156. The standard InChI is InChI=1S/C11H12BrN3O2/c1-14(11(16)17)5-4-9-6-13-10-3-2-8(12)7-15(9)10/h2-3,6-7H,4-5H2,1H3,(H,16,17). The molecule has 0 unspecified atom stereocenters. The van der Waals surface area contributed by atoms with Crippen LogP contribution < -0.4 is 0 Å². The Morgan fingerprint density at radius 1 is 1.59 bits per heavy atom. The number of carbonyl (C=O) groups is 1. The van der Waals surface area contributed by atoms with E-state index in [1.807, 2.05) is 22.7 Å². The quantitative estimate of drug-likeness (QED) is 0.945. The number of hydrogen-bond acceptors (Lipinski definition) is 2. The van der Waals surface area contributed by atoms with Crippen molar-refractivity contribution in [1.82, 2.24) is 14.3 Å². The maximum atomic E-state index is 10.7. The largest absolute Gasteiger partial charge is 0.465 e. The minimum Gasteiger partial charge on any atom is -0.465 e. The molecule has 90 valence electrons. The van der Waals surface area contributed by atoms with E-state index in [9.17, 15) is 4.79 Å². The third-order valence-electron chi connectivity index (χ3n) is 2.58. The second-order valence-electron chi connectivity index (χ2n) is 3.78. The number of fused-ring (bicyclic) bond motifs is 1. The maximum absolute atomic E-state index is 10.7. The minimum atomic E-state index is -0.917. The molecule has 2 aromatic heterocycles. The molecule has 2 rings (SSSR count). The van der Waals surface area contributed by atoms with Crippen LogP contribution in [0.5, 0.6) is 0 Å². The Morgan fingerprint density at radius 2 is 2.35 bits per heavy atom. The summed E-state index contributed by atoms with van der Waals surface area (Å²) in [6.07, 6.45) is 3.43. The topological polar surface area (TPSA) is 57.8 Å². The van der Waals surface area contributed by atoms with Crippen LogP contribution in [0.3, 0.4) is 0 Å². The summed E-state index contributed by atoms with van der Waals surface area (Å²) in [6.45, 7) is 0.454. The lowest BCUT2D eigenvalue weighted by Gasteiger charge is -2.12. The fraction of sp³-hybridized carbons (Fsp3) is 0.273. The number of nitrogens with zero attached hydrogens (tertiary/aromatic N) is 3. The Labute approximate surface area is 107 Å². The van der Waals surface area contributed by atoms with Crippen molar-refractivity contribution in [3.63, 3.8) is 0 Å². The van der Waals surface area contributed by atoms with E-state index in [2.05, 4.69) is 20.9 Å². The van der Waals surface area contributed by atoms with Crippen LogP contribution in [0.15, 0.2) is 29.0 Å². The van der Waals surface area contributed by atoms with Crippen molar-refractivity contribution >= 4 is 27.7 Å². The first kappa shape index (κ1) is 11.9. The first-order valence-electron chi connectivity index (χ1n) is 5.13. The molecule has 0 aliphatic heterocycles. The van der Waals surface area contributed by atoms with Gasteiger partial charge in [0.05, 0.1) is 0 Å². The lowest BCUT2D eigenvalue weighted by Crippen LogP contribution is -2.27. The SMILES string of the molecule is CN(CCc1cnc2ccc(Br)cn12)C(=O)O. The first-order valence-corrected chi connectivity index (χ1v) is 5.93. The third-order valence-corrected chi connectivity index (χ3v) is 3.05. The number of rotatable bonds is 3. The summed E-state index contributed by atoms with van der Waals surface area (Å²) in [7, 11) is 1.56. The molecular formula is C11H12BrN3O2. The first-order chi connectivity index (χ1) is 8.08. The van der Waals surface area contributed by atoms with Gasteiger partial charge >= 0.3 is 6.09 Å². The van der Waals surface area contributed by atoms with Crippen molar-refractivity contribution in [3.8, 4) is 0 Å². The average Bonchev–Trinajstić information content (AvgIpc) is 2.68. The Bertz CT molecular complexity index is 553. The van der Waals surface area contributed by atoms with Crippen LogP contribution in [0.25, 0.3) is 5.65 Å². The monoisotopic (exact) mass is 297 g/mol. The summed E-state index contributed by atoms with van der Waals surface area (Å²) in [6, 6.07) is 3.84. The zero-order chi connectivity index (χ0) is 12.4. The average molecular weight is 298 g/mol. The van der Waals surface area contributed by atoms with Gasteiger partial charge in [0.15, 0.2) is 0 Å². The predicted octanol–water partition coefficient (Wildman–Crippen LogP) is 2.25. The number of hydrogen-bond donors (Lipinski definition) is 1. The highest BCUT2D eigenvalue weighted by atomic mass is 79.9. The number of carboxylic acid groups (broad SMARTS) is 1. The van der Waals surface area contributed by atoms with Crippen LogP contribution in [-0.2, 0) is 6.42 Å². The van der Waals surface area contributed by atoms with Crippen molar-refractivity contribution < 1.29 is 9.90 Å². The molecule has 2 aromatic rings. The van der Waals surface area contributed by atoms with Gasteiger partial charge in [0.1, 0.15) is 5.65 Å². The van der Waals surface area contributed by atoms with Gasteiger partial charge < -0.3 is 14.4 Å². The molecule has 1 amide bonds. The normalized spacial score (nSPS) is 10.7. The second-order valence-corrected chi connectivity index (χ2v) is 4.69. The molecule has 0 aromatic carbocycles. The molecule has 17 heavy (non-hydrogen) atoms. The highest BCUT2D eigenvalue weighted by Crippen LogP contribution is 2.14. The van der Waals surface area contributed by atoms with Gasteiger partial charge in [0.2, 0.25) is 0 Å². The molecule has 0 bridgehead atoms. The van der Waals surface area contributed by atoms with Crippen molar-refractivity contribution in [2.24, 2.45) is 0 Å². The fourth-order valence-corrected chi connectivity index (χ4v) is 1.90. The number of amides is 1. The van der Waals surface area contributed by atoms with Crippen molar-refractivity contribution in [3.05, 3.63) is 34.7 Å². The second kappa shape index (κ2) is 4.75. The van der Waals surface area contributed by atoms with E-state index in [0.717, 1.165) is 15.8 Å². The van der Waals surface area contributed by atoms with E-state index in [1.165, 1.54) is 4.90 Å². The highest BCUT2D eigenvalue weighted by molar-refractivity contribution is 9.10. The van der Waals surface area contributed by atoms with Crippen molar-refractivity contribution in [2.45, 2.75) is 6.42 Å². The van der Waals surface area contributed by atoms with Crippen LogP contribution in [0, 0.1) is 0 Å². The molecule has 0 saturated carbocycles. The molecule has 5 nitrogen and oxygen atoms in total. The molecule has 0 aliphatic carbocycles. The van der Waals surface area contributed by atoms with Crippen LogP contribution in [0.2, 0.25) is 0 Å². The third kappa shape index (κ3) is 2.58. The predicted molar refractivity (Wildman–Crippen MR) is 67.3 cm³/mol. The Hall–Kier alpha value is -1.56. The highest BCUT2D eigenvalue weighted by Gasteiger charge is 2.08. The van der Waals surface area contributed by atoms with Crippen LogP contribution in [0.4, 0.5) is 4.79 Å². The van der Waals surface area contributed by atoms with Gasteiger partial charge in [-0.05, 0) is 28.1 Å². The lowest BCUT2D eigenvalue weighted by atomic mass is 10.3. The van der Waals surface area contributed by atoms with Gasteiger partial charge in [-0.3, -0.25) is 0 Å². The molecule has 6 heteroatoms. The molecule has 2 heterocycles. The molecule has 0 atom stereocenters. The summed E-state index contributed by atoms with van der Waals surface area (Å²) < 4.78 is 2.93. The minimum absolute atomic E-state index is 0.454. The van der Waals surface area contributed by atoms with E-state index in [1.54, 1.807) is 13.2 Å². The van der Waals surface area contributed by atoms with Gasteiger partial charge in [0, 0.05) is 42.6 Å².